The van der Waals surface area contributed by atoms with Gasteiger partial charge in [0.25, 0.3) is 5.91 Å². The van der Waals surface area contributed by atoms with Gasteiger partial charge in [0.15, 0.2) is 0 Å². The van der Waals surface area contributed by atoms with Crippen LogP contribution < -0.4 is 10.6 Å². The molecule has 7 heteroatoms. The average Bonchev–Trinajstić information content (AvgIpc) is 2.57. The van der Waals surface area contributed by atoms with Gasteiger partial charge < -0.3 is 15.5 Å². The number of carbonyl (C=O) groups is 1. The highest BCUT2D eigenvalue weighted by Gasteiger charge is 2.10. The van der Waals surface area contributed by atoms with Crippen LogP contribution in [-0.2, 0) is 6.54 Å². The molecule has 0 saturated heterocycles. The minimum atomic E-state index is -0.182. The van der Waals surface area contributed by atoms with E-state index in [4.69, 9.17) is 11.6 Å². The Kier molecular flexibility index (Phi) is 7.16. The number of halogens is 1. The number of hydrogen-bond acceptors (Lipinski definition) is 5. The summed E-state index contributed by atoms with van der Waals surface area (Å²) >= 11 is 5.89. The molecular weight excluding hydrogens is 338 g/mol. The lowest BCUT2D eigenvalue weighted by Gasteiger charge is -2.11. The average molecular weight is 362 g/mol. The smallest absolute Gasteiger partial charge is 0.270 e. The molecule has 0 aliphatic rings. The Bertz CT molecular complexity index is 703. The molecule has 1 heterocycles. The fourth-order valence-electron chi connectivity index (χ4n) is 2.26. The lowest BCUT2D eigenvalue weighted by molar-refractivity contribution is 0.0947. The first kappa shape index (κ1) is 19.1. The minimum absolute atomic E-state index is 0.182. The first-order valence-corrected chi connectivity index (χ1v) is 8.59. The molecule has 2 rings (SSSR count). The van der Waals surface area contributed by atoms with Gasteiger partial charge >= 0.3 is 0 Å². The molecule has 0 fully saturated rings. The summed E-state index contributed by atoms with van der Waals surface area (Å²) in [5.74, 6) is 0.999. The predicted octanol–water partition coefficient (Wildman–Crippen LogP) is 2.73. The molecule has 2 N–H and O–H groups in total. The second-order valence-electron chi connectivity index (χ2n) is 6.08. The Morgan fingerprint density at radius 2 is 1.92 bits per heavy atom. The molecule has 0 aliphatic heterocycles. The molecule has 0 spiro atoms. The molecule has 0 saturated carbocycles. The summed E-state index contributed by atoms with van der Waals surface area (Å²) in [5, 5.41) is 6.81. The van der Waals surface area contributed by atoms with Crippen LogP contribution in [-0.4, -0.2) is 48.0 Å². The summed E-state index contributed by atoms with van der Waals surface area (Å²) in [6.45, 7) is 3.92. The van der Waals surface area contributed by atoms with E-state index in [-0.39, 0.29) is 5.91 Å². The monoisotopic (exact) mass is 361 g/mol. The molecule has 0 bridgehead atoms. The van der Waals surface area contributed by atoms with Crippen molar-refractivity contribution in [1.82, 2.24) is 20.2 Å². The van der Waals surface area contributed by atoms with Crippen molar-refractivity contribution >= 4 is 23.3 Å². The summed E-state index contributed by atoms with van der Waals surface area (Å²) in [4.78, 5) is 22.9. The van der Waals surface area contributed by atoms with E-state index in [1.165, 1.54) is 0 Å². The van der Waals surface area contributed by atoms with Gasteiger partial charge in [-0.05, 0) is 51.7 Å². The summed E-state index contributed by atoms with van der Waals surface area (Å²) < 4.78 is 0. The number of rotatable bonds is 8. The number of amides is 1. The zero-order chi connectivity index (χ0) is 18.2. The number of benzene rings is 1. The second kappa shape index (κ2) is 9.34. The Labute approximate surface area is 153 Å². The van der Waals surface area contributed by atoms with Crippen molar-refractivity contribution in [3.05, 3.63) is 52.4 Å². The lowest BCUT2D eigenvalue weighted by Crippen LogP contribution is -2.28. The van der Waals surface area contributed by atoms with Crippen LogP contribution in [0.4, 0.5) is 5.82 Å². The van der Waals surface area contributed by atoms with Gasteiger partial charge in [-0.25, -0.2) is 9.97 Å². The van der Waals surface area contributed by atoms with Crippen molar-refractivity contribution in [1.29, 1.82) is 0 Å². The van der Waals surface area contributed by atoms with E-state index < -0.39 is 0 Å². The lowest BCUT2D eigenvalue weighted by atomic mass is 10.2. The molecule has 1 aromatic carbocycles. The third kappa shape index (κ3) is 6.68. The quantitative estimate of drug-likeness (QED) is 0.707. The number of anilines is 1. The maximum absolute atomic E-state index is 12.2. The first-order chi connectivity index (χ1) is 11.9. The largest absolute Gasteiger partial charge is 0.366 e. The van der Waals surface area contributed by atoms with Crippen LogP contribution in [0.1, 0.15) is 28.3 Å². The molecular formula is C18H24ClN5O. The van der Waals surface area contributed by atoms with Gasteiger partial charge in [0, 0.05) is 24.2 Å². The normalized spacial score (nSPS) is 10.8. The van der Waals surface area contributed by atoms with Crippen LogP contribution in [0.25, 0.3) is 0 Å². The molecule has 0 atom stereocenters. The zero-order valence-corrected chi connectivity index (χ0v) is 15.6. The molecule has 134 valence electrons. The van der Waals surface area contributed by atoms with Crippen molar-refractivity contribution in [3.8, 4) is 0 Å². The van der Waals surface area contributed by atoms with Crippen LogP contribution in [0, 0.1) is 6.92 Å². The second-order valence-corrected chi connectivity index (χ2v) is 6.51. The molecule has 0 unspecified atom stereocenters. The molecule has 1 aromatic heterocycles. The number of aryl methyl sites for hydroxylation is 1. The SMILES string of the molecule is Cc1nc(NCc2ccc(Cl)cc2)cc(C(=O)NCCCN(C)C)n1. The zero-order valence-electron chi connectivity index (χ0n) is 14.8. The summed E-state index contributed by atoms with van der Waals surface area (Å²) in [7, 11) is 4.02. The van der Waals surface area contributed by atoms with E-state index >= 15 is 0 Å². The highest BCUT2D eigenvalue weighted by atomic mass is 35.5. The van der Waals surface area contributed by atoms with Crippen LogP contribution >= 0.6 is 11.6 Å². The van der Waals surface area contributed by atoms with Gasteiger partial charge in [0.05, 0.1) is 0 Å². The number of aromatic nitrogens is 2. The van der Waals surface area contributed by atoms with Crippen LogP contribution in [0.15, 0.2) is 30.3 Å². The highest BCUT2D eigenvalue weighted by Crippen LogP contribution is 2.12. The van der Waals surface area contributed by atoms with E-state index in [0.29, 0.717) is 35.4 Å². The Hall–Kier alpha value is -2.18. The molecule has 1 amide bonds. The third-order valence-electron chi connectivity index (χ3n) is 3.53. The van der Waals surface area contributed by atoms with E-state index in [1.54, 1.807) is 13.0 Å². The van der Waals surface area contributed by atoms with Crippen molar-refractivity contribution in [2.75, 3.05) is 32.5 Å². The minimum Gasteiger partial charge on any atom is -0.366 e. The van der Waals surface area contributed by atoms with Crippen molar-refractivity contribution in [2.45, 2.75) is 19.9 Å². The van der Waals surface area contributed by atoms with Gasteiger partial charge in [0.1, 0.15) is 17.3 Å². The number of carbonyl (C=O) groups excluding carboxylic acids is 1. The number of nitrogens with zero attached hydrogens (tertiary/aromatic N) is 3. The molecule has 2 aromatic rings. The predicted molar refractivity (Wildman–Crippen MR) is 101 cm³/mol. The van der Waals surface area contributed by atoms with Crippen molar-refractivity contribution < 1.29 is 4.79 Å². The summed E-state index contributed by atoms with van der Waals surface area (Å²) in [5.41, 5.74) is 1.45. The Morgan fingerprint density at radius 1 is 1.20 bits per heavy atom. The summed E-state index contributed by atoms with van der Waals surface area (Å²) in [6.07, 6.45) is 0.893. The maximum atomic E-state index is 12.2. The van der Waals surface area contributed by atoms with E-state index in [0.717, 1.165) is 18.5 Å². The van der Waals surface area contributed by atoms with Crippen molar-refractivity contribution in [2.24, 2.45) is 0 Å². The highest BCUT2D eigenvalue weighted by molar-refractivity contribution is 6.30. The standard InChI is InChI=1S/C18H24ClN5O/c1-13-22-16(18(25)20-9-4-10-24(2)3)11-17(23-13)21-12-14-5-7-15(19)8-6-14/h5-8,11H,4,9-10,12H2,1-3H3,(H,20,25)(H,21,22,23). The fourth-order valence-corrected chi connectivity index (χ4v) is 2.38. The van der Waals surface area contributed by atoms with Crippen molar-refractivity contribution in [3.63, 3.8) is 0 Å². The topological polar surface area (TPSA) is 70.2 Å². The molecule has 6 nitrogen and oxygen atoms in total. The number of nitrogens with one attached hydrogen (secondary N) is 2. The van der Waals surface area contributed by atoms with Gasteiger partial charge in [-0.15, -0.1) is 0 Å². The third-order valence-corrected chi connectivity index (χ3v) is 3.78. The van der Waals surface area contributed by atoms with E-state index in [9.17, 15) is 4.79 Å². The van der Waals surface area contributed by atoms with Gasteiger partial charge in [0.2, 0.25) is 0 Å². The summed E-state index contributed by atoms with van der Waals surface area (Å²) in [6, 6.07) is 9.25. The maximum Gasteiger partial charge on any atom is 0.270 e. The van der Waals surface area contributed by atoms with E-state index in [2.05, 4.69) is 25.5 Å². The Balaban J connectivity index is 1.94. The van der Waals surface area contributed by atoms with Crippen LogP contribution in [0.3, 0.4) is 0 Å². The number of hydrogen-bond donors (Lipinski definition) is 2. The molecule has 0 aliphatic carbocycles. The molecule has 25 heavy (non-hydrogen) atoms. The first-order valence-electron chi connectivity index (χ1n) is 8.21. The van der Waals surface area contributed by atoms with E-state index in [1.807, 2.05) is 38.4 Å². The molecule has 0 radical (unpaired) electrons. The van der Waals surface area contributed by atoms with Crippen LogP contribution in [0.5, 0.6) is 0 Å². The Morgan fingerprint density at radius 3 is 2.60 bits per heavy atom. The van der Waals surface area contributed by atoms with Gasteiger partial charge in [-0.3, -0.25) is 4.79 Å². The van der Waals surface area contributed by atoms with Gasteiger partial charge in [-0.2, -0.15) is 0 Å². The van der Waals surface area contributed by atoms with Crippen LogP contribution in [0.2, 0.25) is 5.02 Å². The fraction of sp³-hybridized carbons (Fsp3) is 0.389. The van der Waals surface area contributed by atoms with Gasteiger partial charge in [-0.1, -0.05) is 23.7 Å².